The van der Waals surface area contributed by atoms with E-state index in [-0.39, 0.29) is 5.91 Å². The molecule has 5 nitrogen and oxygen atoms in total. The highest BCUT2D eigenvalue weighted by Gasteiger charge is 2.14. The zero-order valence-electron chi connectivity index (χ0n) is 14.9. The molecule has 0 atom stereocenters. The topological polar surface area (TPSA) is 59.5 Å². The molecule has 3 aromatic heterocycles. The van der Waals surface area contributed by atoms with Crippen molar-refractivity contribution in [3.05, 3.63) is 77.5 Å². The van der Waals surface area contributed by atoms with Crippen molar-refractivity contribution in [1.82, 2.24) is 9.38 Å². The number of benzene rings is 1. The second kappa shape index (κ2) is 6.19. The third kappa shape index (κ3) is 2.99. The maximum absolute atomic E-state index is 12.5. The van der Waals surface area contributed by atoms with Crippen LogP contribution in [-0.2, 0) is 0 Å². The third-order valence-corrected chi connectivity index (χ3v) is 4.32. The number of carbonyl (C=O) groups is 1. The molecule has 0 aliphatic carbocycles. The summed E-state index contributed by atoms with van der Waals surface area (Å²) in [6.45, 7) is 5.66. The second-order valence-electron chi connectivity index (χ2n) is 6.46. The Morgan fingerprint density at radius 2 is 1.96 bits per heavy atom. The summed E-state index contributed by atoms with van der Waals surface area (Å²) in [6.07, 6.45) is 3.98. The number of fused-ring (bicyclic) bond motifs is 1. The molecular formula is C21H19N3O2. The number of amides is 1. The molecule has 0 saturated carbocycles. The van der Waals surface area contributed by atoms with Crippen LogP contribution in [0.2, 0.25) is 0 Å². The Labute approximate surface area is 151 Å². The van der Waals surface area contributed by atoms with Gasteiger partial charge < -0.3 is 14.1 Å². The number of anilines is 1. The van der Waals surface area contributed by atoms with Crippen molar-refractivity contribution in [2.75, 3.05) is 5.32 Å². The quantitative estimate of drug-likeness (QED) is 0.582. The predicted octanol–water partition coefficient (Wildman–Crippen LogP) is 4.77. The molecule has 0 radical (unpaired) electrons. The van der Waals surface area contributed by atoms with Crippen molar-refractivity contribution in [3.63, 3.8) is 0 Å². The summed E-state index contributed by atoms with van der Waals surface area (Å²) < 4.78 is 7.43. The molecule has 3 heterocycles. The first-order valence-electron chi connectivity index (χ1n) is 8.44. The van der Waals surface area contributed by atoms with Gasteiger partial charge in [-0.3, -0.25) is 4.79 Å². The molecule has 130 valence electrons. The third-order valence-electron chi connectivity index (χ3n) is 4.32. The summed E-state index contributed by atoms with van der Waals surface area (Å²) in [7, 11) is 0. The number of nitrogens with one attached hydrogen (secondary N) is 1. The van der Waals surface area contributed by atoms with Gasteiger partial charge in [-0.2, -0.15) is 0 Å². The lowest BCUT2D eigenvalue weighted by Gasteiger charge is -2.06. The van der Waals surface area contributed by atoms with Crippen molar-refractivity contribution >= 4 is 17.2 Å². The van der Waals surface area contributed by atoms with Crippen LogP contribution >= 0.6 is 0 Å². The van der Waals surface area contributed by atoms with Crippen LogP contribution < -0.4 is 5.32 Å². The number of aryl methyl sites for hydroxylation is 3. The van der Waals surface area contributed by atoms with Crippen molar-refractivity contribution in [3.8, 4) is 11.3 Å². The van der Waals surface area contributed by atoms with E-state index in [2.05, 4.69) is 10.3 Å². The molecular weight excluding hydrogens is 326 g/mol. The van der Waals surface area contributed by atoms with Crippen LogP contribution in [0.15, 0.2) is 59.3 Å². The van der Waals surface area contributed by atoms with Crippen LogP contribution in [0.5, 0.6) is 0 Å². The van der Waals surface area contributed by atoms with Gasteiger partial charge >= 0.3 is 0 Å². The minimum Gasteiger partial charge on any atom is -0.466 e. The van der Waals surface area contributed by atoms with Gasteiger partial charge in [-0.1, -0.05) is 12.1 Å². The summed E-state index contributed by atoms with van der Waals surface area (Å²) in [6, 6.07) is 13.5. The first kappa shape index (κ1) is 16.1. The number of hydrogen-bond donors (Lipinski definition) is 1. The van der Waals surface area contributed by atoms with E-state index in [4.69, 9.17) is 4.42 Å². The average Bonchev–Trinajstić information content (AvgIpc) is 3.17. The van der Waals surface area contributed by atoms with E-state index >= 15 is 0 Å². The Balaban J connectivity index is 1.63. The number of pyridine rings is 1. The van der Waals surface area contributed by atoms with Crippen LogP contribution in [0, 0.1) is 20.8 Å². The van der Waals surface area contributed by atoms with E-state index in [1.807, 2.05) is 67.0 Å². The smallest absolute Gasteiger partial charge is 0.259 e. The van der Waals surface area contributed by atoms with Gasteiger partial charge in [0.25, 0.3) is 5.91 Å². The lowest BCUT2D eigenvalue weighted by Crippen LogP contribution is -2.12. The molecule has 0 saturated heterocycles. The van der Waals surface area contributed by atoms with Crippen molar-refractivity contribution < 1.29 is 9.21 Å². The zero-order chi connectivity index (χ0) is 18.3. The molecule has 0 fully saturated rings. The van der Waals surface area contributed by atoms with Crippen molar-refractivity contribution in [1.29, 1.82) is 0 Å². The number of aromatic nitrogens is 2. The summed E-state index contributed by atoms with van der Waals surface area (Å²) in [5.74, 6) is 1.16. The maximum Gasteiger partial charge on any atom is 0.259 e. The van der Waals surface area contributed by atoms with Gasteiger partial charge in [-0.25, -0.2) is 4.98 Å². The highest BCUT2D eigenvalue weighted by Crippen LogP contribution is 2.24. The van der Waals surface area contributed by atoms with E-state index in [1.54, 1.807) is 13.0 Å². The molecule has 0 aliphatic rings. The molecule has 1 N–H and O–H groups in total. The van der Waals surface area contributed by atoms with E-state index in [0.717, 1.165) is 28.4 Å². The molecule has 26 heavy (non-hydrogen) atoms. The standard InChI is InChI=1S/C21H19N3O2/c1-13-7-8-24-12-19(23-20(24)9-13)16-5-4-6-17(11-16)22-21(25)18-10-14(2)26-15(18)3/h4-12H,1-3H3,(H,22,25). The Morgan fingerprint density at radius 3 is 2.73 bits per heavy atom. The van der Waals surface area contributed by atoms with Crippen LogP contribution in [0.1, 0.15) is 27.4 Å². The second-order valence-corrected chi connectivity index (χ2v) is 6.46. The van der Waals surface area contributed by atoms with Gasteiger partial charge in [0.2, 0.25) is 0 Å². The van der Waals surface area contributed by atoms with Crippen LogP contribution in [0.3, 0.4) is 0 Å². The van der Waals surface area contributed by atoms with Gasteiger partial charge in [0.15, 0.2) is 0 Å². The molecule has 0 aliphatic heterocycles. The lowest BCUT2D eigenvalue weighted by molar-refractivity contribution is 0.102. The Kier molecular flexibility index (Phi) is 3.84. The number of rotatable bonds is 3. The maximum atomic E-state index is 12.5. The summed E-state index contributed by atoms with van der Waals surface area (Å²) in [4.78, 5) is 17.2. The molecule has 0 bridgehead atoms. The number of hydrogen-bond acceptors (Lipinski definition) is 3. The van der Waals surface area contributed by atoms with Crippen LogP contribution in [0.4, 0.5) is 5.69 Å². The van der Waals surface area contributed by atoms with E-state index < -0.39 is 0 Å². The Morgan fingerprint density at radius 1 is 1.12 bits per heavy atom. The molecule has 4 rings (SSSR count). The fourth-order valence-electron chi connectivity index (χ4n) is 3.03. The number of imidazole rings is 1. The number of furan rings is 1. The molecule has 1 aromatic carbocycles. The fraction of sp³-hybridized carbons (Fsp3) is 0.143. The zero-order valence-corrected chi connectivity index (χ0v) is 14.9. The number of nitrogens with zero attached hydrogens (tertiary/aromatic N) is 2. The molecule has 0 unspecified atom stereocenters. The lowest BCUT2D eigenvalue weighted by atomic mass is 10.1. The van der Waals surface area contributed by atoms with Crippen LogP contribution in [-0.4, -0.2) is 15.3 Å². The largest absolute Gasteiger partial charge is 0.466 e. The molecule has 1 amide bonds. The summed E-state index contributed by atoms with van der Waals surface area (Å²) in [5.41, 5.74) is 5.15. The predicted molar refractivity (Wildman–Crippen MR) is 102 cm³/mol. The first-order valence-corrected chi connectivity index (χ1v) is 8.44. The van der Waals surface area contributed by atoms with Gasteiger partial charge in [0.05, 0.1) is 11.3 Å². The first-order chi connectivity index (χ1) is 12.5. The summed E-state index contributed by atoms with van der Waals surface area (Å²) in [5, 5.41) is 2.93. The molecule has 5 heteroatoms. The highest BCUT2D eigenvalue weighted by atomic mass is 16.3. The normalized spacial score (nSPS) is 11.0. The van der Waals surface area contributed by atoms with E-state index in [1.165, 1.54) is 5.56 Å². The van der Waals surface area contributed by atoms with Crippen molar-refractivity contribution in [2.45, 2.75) is 20.8 Å². The van der Waals surface area contributed by atoms with Gasteiger partial charge in [-0.05, 0) is 56.7 Å². The average molecular weight is 345 g/mol. The van der Waals surface area contributed by atoms with Gasteiger partial charge in [0.1, 0.15) is 17.2 Å². The van der Waals surface area contributed by atoms with Gasteiger partial charge in [0, 0.05) is 23.6 Å². The van der Waals surface area contributed by atoms with E-state index in [9.17, 15) is 4.79 Å². The monoisotopic (exact) mass is 345 g/mol. The van der Waals surface area contributed by atoms with E-state index in [0.29, 0.717) is 11.3 Å². The SMILES string of the molecule is Cc1ccn2cc(-c3cccc(NC(=O)c4cc(C)oc4C)c3)nc2c1. The highest BCUT2D eigenvalue weighted by molar-refractivity contribution is 6.05. The van der Waals surface area contributed by atoms with Crippen molar-refractivity contribution in [2.24, 2.45) is 0 Å². The minimum absolute atomic E-state index is 0.179. The fourth-order valence-corrected chi connectivity index (χ4v) is 3.03. The molecule has 0 spiro atoms. The Hall–Kier alpha value is -3.34. The number of carbonyl (C=O) groups excluding carboxylic acids is 1. The van der Waals surface area contributed by atoms with Crippen LogP contribution in [0.25, 0.3) is 16.9 Å². The minimum atomic E-state index is -0.179. The summed E-state index contributed by atoms with van der Waals surface area (Å²) >= 11 is 0. The Bertz CT molecular complexity index is 1120. The van der Waals surface area contributed by atoms with Gasteiger partial charge in [-0.15, -0.1) is 0 Å². The molecule has 4 aromatic rings.